The van der Waals surface area contributed by atoms with Crippen LogP contribution in [0.25, 0.3) is 10.9 Å². The van der Waals surface area contributed by atoms with Gasteiger partial charge in [0.2, 0.25) is 0 Å². The Kier molecular flexibility index (Phi) is 2.41. The molecule has 14 heavy (non-hydrogen) atoms. The zero-order valence-electron chi connectivity index (χ0n) is 7.18. The third-order valence-corrected chi connectivity index (χ3v) is 2.44. The van der Waals surface area contributed by atoms with Crippen LogP contribution in [-0.4, -0.2) is 22.2 Å². The molecule has 2 aromatic rings. The fourth-order valence-corrected chi connectivity index (χ4v) is 1.61. The summed E-state index contributed by atoms with van der Waals surface area (Å²) in [5, 5.41) is 19.1. The average Bonchev–Trinajstić information content (AvgIpc) is 2.18. The maximum Gasteiger partial charge on any atom is 0.491 e. The molecule has 2 N–H and O–H groups in total. The van der Waals surface area contributed by atoms with Gasteiger partial charge < -0.3 is 10.0 Å². The van der Waals surface area contributed by atoms with Crippen LogP contribution in [-0.2, 0) is 0 Å². The van der Waals surface area contributed by atoms with E-state index in [4.69, 9.17) is 21.6 Å². The average molecular weight is 207 g/mol. The Labute approximate surface area is 86.1 Å². The van der Waals surface area contributed by atoms with Gasteiger partial charge in [0.15, 0.2) is 0 Å². The lowest BCUT2D eigenvalue weighted by atomic mass is 9.81. The van der Waals surface area contributed by atoms with Gasteiger partial charge in [0.25, 0.3) is 0 Å². The van der Waals surface area contributed by atoms with E-state index in [-0.39, 0.29) is 5.46 Å². The third-order valence-electron chi connectivity index (χ3n) is 2.01. The summed E-state index contributed by atoms with van der Waals surface area (Å²) in [6, 6.07) is 7.27. The van der Waals surface area contributed by atoms with Crippen LogP contribution in [0.15, 0.2) is 30.5 Å². The number of fused-ring (bicyclic) bond motifs is 1. The molecule has 0 atom stereocenters. The molecule has 0 saturated heterocycles. The van der Waals surface area contributed by atoms with Gasteiger partial charge in [-0.1, -0.05) is 29.8 Å². The predicted octanol–water partition coefficient (Wildman–Crippen LogP) is 0.568. The summed E-state index contributed by atoms with van der Waals surface area (Å²) in [6.07, 6.45) is 1.37. The van der Waals surface area contributed by atoms with Crippen molar-refractivity contribution in [2.75, 3.05) is 0 Å². The van der Waals surface area contributed by atoms with Gasteiger partial charge in [-0.25, -0.2) is 0 Å². The smallest absolute Gasteiger partial charge is 0.423 e. The van der Waals surface area contributed by atoms with Gasteiger partial charge in [-0.2, -0.15) is 0 Å². The van der Waals surface area contributed by atoms with Crippen LogP contribution in [0.5, 0.6) is 0 Å². The van der Waals surface area contributed by atoms with Crippen molar-refractivity contribution in [3.8, 4) is 0 Å². The Hall–Kier alpha value is -1.10. The fraction of sp³-hybridized carbons (Fsp3) is 0. The molecule has 0 bridgehead atoms. The highest BCUT2D eigenvalue weighted by Gasteiger charge is 2.17. The van der Waals surface area contributed by atoms with E-state index in [1.807, 2.05) is 18.2 Å². The van der Waals surface area contributed by atoms with Gasteiger partial charge in [0, 0.05) is 17.0 Å². The van der Waals surface area contributed by atoms with Gasteiger partial charge in [-0.15, -0.1) is 0 Å². The number of para-hydroxylation sites is 1. The van der Waals surface area contributed by atoms with E-state index in [2.05, 4.69) is 4.98 Å². The van der Waals surface area contributed by atoms with Gasteiger partial charge in [0.05, 0.1) is 10.5 Å². The lowest BCUT2D eigenvalue weighted by Gasteiger charge is -2.05. The highest BCUT2D eigenvalue weighted by molar-refractivity contribution is 6.63. The van der Waals surface area contributed by atoms with Crippen molar-refractivity contribution in [2.24, 2.45) is 0 Å². The van der Waals surface area contributed by atoms with Crippen LogP contribution in [0.3, 0.4) is 0 Å². The van der Waals surface area contributed by atoms with E-state index in [0.717, 1.165) is 10.9 Å². The number of nitrogens with zero attached hydrogens (tertiary/aromatic N) is 1. The summed E-state index contributed by atoms with van der Waals surface area (Å²) < 4.78 is 0. The number of benzene rings is 1. The van der Waals surface area contributed by atoms with E-state index >= 15 is 0 Å². The molecule has 0 aliphatic heterocycles. The maximum atomic E-state index is 9.00. The SMILES string of the molecule is OB(O)c1cnc2ccccc2c1Cl. The molecule has 0 saturated carbocycles. The quantitative estimate of drug-likeness (QED) is 0.672. The van der Waals surface area contributed by atoms with Gasteiger partial charge >= 0.3 is 7.12 Å². The monoisotopic (exact) mass is 207 g/mol. The molecule has 0 spiro atoms. The molecule has 3 nitrogen and oxygen atoms in total. The number of hydrogen-bond acceptors (Lipinski definition) is 3. The van der Waals surface area contributed by atoms with Crippen molar-refractivity contribution in [1.29, 1.82) is 0 Å². The highest BCUT2D eigenvalue weighted by Crippen LogP contribution is 2.19. The van der Waals surface area contributed by atoms with E-state index < -0.39 is 7.12 Å². The number of pyridine rings is 1. The summed E-state index contributed by atoms with van der Waals surface area (Å²) in [7, 11) is -1.58. The molecule has 0 aliphatic rings. The molecule has 2 rings (SSSR count). The first kappa shape index (κ1) is 9.46. The van der Waals surface area contributed by atoms with E-state index in [1.165, 1.54) is 6.20 Å². The minimum absolute atomic E-state index is 0.227. The van der Waals surface area contributed by atoms with E-state index in [1.54, 1.807) is 6.07 Å². The van der Waals surface area contributed by atoms with Gasteiger partial charge in [-0.05, 0) is 6.07 Å². The summed E-state index contributed by atoms with van der Waals surface area (Å²) in [4.78, 5) is 4.06. The molecule has 0 amide bonds. The van der Waals surface area contributed by atoms with Crippen LogP contribution in [0.1, 0.15) is 0 Å². The van der Waals surface area contributed by atoms with Crippen molar-refractivity contribution in [1.82, 2.24) is 4.98 Å². The van der Waals surface area contributed by atoms with Crippen molar-refractivity contribution in [3.05, 3.63) is 35.5 Å². The standard InChI is InChI=1S/C9H7BClNO2/c11-9-6-3-1-2-4-8(6)12-5-7(9)10(13)14/h1-5,13-14H. The Morgan fingerprint density at radius 1 is 1.21 bits per heavy atom. The maximum absolute atomic E-state index is 9.00. The molecule has 5 heteroatoms. The normalized spacial score (nSPS) is 10.5. The second-order valence-corrected chi connectivity index (χ2v) is 3.30. The van der Waals surface area contributed by atoms with Crippen molar-refractivity contribution in [2.45, 2.75) is 0 Å². The molecule has 1 aromatic heterocycles. The predicted molar refractivity (Wildman–Crippen MR) is 56.6 cm³/mol. The number of rotatable bonds is 1. The van der Waals surface area contributed by atoms with Crippen LogP contribution in [0.2, 0.25) is 5.02 Å². The summed E-state index contributed by atoms with van der Waals surface area (Å²) in [5.41, 5.74) is 0.965. The van der Waals surface area contributed by atoms with Gasteiger partial charge in [-0.3, -0.25) is 4.98 Å². The molecular formula is C9H7BClNO2. The number of hydrogen-bond donors (Lipinski definition) is 2. The van der Waals surface area contributed by atoms with Crippen LogP contribution < -0.4 is 5.46 Å². The third kappa shape index (κ3) is 1.48. The van der Waals surface area contributed by atoms with Crippen LogP contribution >= 0.6 is 11.6 Å². The van der Waals surface area contributed by atoms with Crippen LogP contribution in [0.4, 0.5) is 0 Å². The second-order valence-electron chi connectivity index (χ2n) is 2.92. The van der Waals surface area contributed by atoms with E-state index in [0.29, 0.717) is 5.02 Å². The Balaban J connectivity index is 2.75. The molecule has 1 heterocycles. The minimum atomic E-state index is -1.58. The zero-order valence-corrected chi connectivity index (χ0v) is 7.94. The van der Waals surface area contributed by atoms with Gasteiger partial charge in [0.1, 0.15) is 0 Å². The van der Waals surface area contributed by atoms with E-state index in [9.17, 15) is 0 Å². The van der Waals surface area contributed by atoms with Crippen molar-refractivity contribution < 1.29 is 10.0 Å². The topological polar surface area (TPSA) is 53.4 Å². The second kappa shape index (κ2) is 3.57. The molecule has 0 aliphatic carbocycles. The Bertz CT molecular complexity index is 475. The molecule has 0 fully saturated rings. The van der Waals surface area contributed by atoms with Crippen molar-refractivity contribution in [3.63, 3.8) is 0 Å². The molecule has 0 unspecified atom stereocenters. The van der Waals surface area contributed by atoms with Crippen LogP contribution in [0, 0.1) is 0 Å². The van der Waals surface area contributed by atoms with Crippen molar-refractivity contribution >= 4 is 35.1 Å². The summed E-state index contributed by atoms with van der Waals surface area (Å²) in [6.45, 7) is 0. The summed E-state index contributed by atoms with van der Waals surface area (Å²) in [5.74, 6) is 0. The molecule has 70 valence electrons. The molecular weight excluding hydrogens is 200 g/mol. The Morgan fingerprint density at radius 2 is 1.93 bits per heavy atom. The Morgan fingerprint density at radius 3 is 2.64 bits per heavy atom. The first-order valence-electron chi connectivity index (χ1n) is 4.09. The number of aromatic nitrogens is 1. The number of halogens is 1. The molecule has 1 aromatic carbocycles. The lowest BCUT2D eigenvalue weighted by molar-refractivity contribution is 0.425. The minimum Gasteiger partial charge on any atom is -0.423 e. The summed E-state index contributed by atoms with van der Waals surface area (Å²) >= 11 is 5.98. The molecule has 0 radical (unpaired) electrons. The zero-order chi connectivity index (χ0) is 10.1. The lowest BCUT2D eigenvalue weighted by Crippen LogP contribution is -2.31. The first-order valence-corrected chi connectivity index (χ1v) is 4.47. The fourth-order valence-electron chi connectivity index (χ4n) is 1.30. The highest BCUT2D eigenvalue weighted by atomic mass is 35.5. The first-order chi connectivity index (χ1) is 6.70. The largest absolute Gasteiger partial charge is 0.491 e.